The zero-order chi connectivity index (χ0) is 25.8. The maximum atomic E-state index is 11.9. The van der Waals surface area contributed by atoms with Gasteiger partial charge in [-0.15, -0.1) is 0 Å². The quantitative estimate of drug-likeness (QED) is 0.306. The summed E-state index contributed by atoms with van der Waals surface area (Å²) in [6.07, 6.45) is 8.69. The first-order valence-corrected chi connectivity index (χ1v) is 13.4. The zero-order valence-electron chi connectivity index (χ0n) is 22.0. The van der Waals surface area contributed by atoms with Crippen molar-refractivity contribution in [2.45, 2.75) is 70.8 Å². The number of fused-ring (bicyclic) bond motifs is 1. The second-order valence-corrected chi connectivity index (χ2v) is 11.0. The van der Waals surface area contributed by atoms with Gasteiger partial charge in [-0.2, -0.15) is 0 Å². The fourth-order valence-electron chi connectivity index (χ4n) is 5.11. The SMILES string of the molecule is CC(C)(C)NC(=O)OCCc1ccc(-n2c(-c3ccc(C4CCCCC4)cc3)nc3cccnc32)cc1. The molecule has 1 aliphatic rings. The number of nitrogens with zero attached hydrogens (tertiary/aromatic N) is 3. The van der Waals surface area contributed by atoms with Gasteiger partial charge in [-0.25, -0.2) is 14.8 Å². The van der Waals surface area contributed by atoms with Gasteiger partial charge < -0.3 is 10.1 Å². The molecule has 37 heavy (non-hydrogen) atoms. The number of alkyl carbamates (subject to hydrolysis) is 1. The molecule has 6 heteroatoms. The number of benzene rings is 2. The van der Waals surface area contributed by atoms with Gasteiger partial charge in [-0.1, -0.05) is 55.7 Å². The number of aromatic nitrogens is 3. The van der Waals surface area contributed by atoms with Crippen molar-refractivity contribution in [2.24, 2.45) is 0 Å². The summed E-state index contributed by atoms with van der Waals surface area (Å²) in [6.45, 7) is 6.12. The van der Waals surface area contributed by atoms with Crippen LogP contribution < -0.4 is 5.32 Å². The predicted molar refractivity (Wildman–Crippen MR) is 148 cm³/mol. The van der Waals surface area contributed by atoms with Crippen LogP contribution in [0.1, 0.15) is 69.9 Å². The van der Waals surface area contributed by atoms with E-state index >= 15 is 0 Å². The highest BCUT2D eigenvalue weighted by Gasteiger charge is 2.18. The molecule has 0 unspecified atom stereocenters. The Hall–Kier alpha value is -3.67. The number of nitrogens with one attached hydrogen (secondary N) is 1. The van der Waals surface area contributed by atoms with Gasteiger partial charge in [0.1, 0.15) is 11.3 Å². The fourth-order valence-corrected chi connectivity index (χ4v) is 5.11. The summed E-state index contributed by atoms with van der Waals surface area (Å²) in [5, 5.41) is 2.82. The summed E-state index contributed by atoms with van der Waals surface area (Å²) >= 11 is 0. The molecule has 2 heterocycles. The fraction of sp³-hybridized carbons (Fsp3) is 0.387. The van der Waals surface area contributed by atoms with Crippen molar-refractivity contribution in [1.29, 1.82) is 0 Å². The zero-order valence-corrected chi connectivity index (χ0v) is 22.0. The lowest BCUT2D eigenvalue weighted by Crippen LogP contribution is -2.41. The molecular weight excluding hydrogens is 460 g/mol. The summed E-state index contributed by atoms with van der Waals surface area (Å²) in [7, 11) is 0. The highest BCUT2D eigenvalue weighted by Crippen LogP contribution is 2.34. The van der Waals surface area contributed by atoms with Gasteiger partial charge in [0.2, 0.25) is 0 Å². The van der Waals surface area contributed by atoms with Crippen LogP contribution in [0.2, 0.25) is 0 Å². The minimum atomic E-state index is -0.390. The Morgan fingerprint density at radius 3 is 2.43 bits per heavy atom. The van der Waals surface area contributed by atoms with Crippen LogP contribution in [0, 0.1) is 0 Å². The molecule has 0 saturated heterocycles. The van der Waals surface area contributed by atoms with E-state index < -0.39 is 0 Å². The first-order chi connectivity index (χ1) is 17.9. The van der Waals surface area contributed by atoms with Crippen molar-refractivity contribution in [3.05, 3.63) is 78.0 Å². The summed E-state index contributed by atoms with van der Waals surface area (Å²) in [5.74, 6) is 1.57. The molecule has 0 atom stereocenters. The lowest BCUT2D eigenvalue weighted by atomic mass is 9.84. The molecule has 0 bridgehead atoms. The summed E-state index contributed by atoms with van der Waals surface area (Å²) < 4.78 is 7.46. The first-order valence-electron chi connectivity index (χ1n) is 13.4. The first kappa shape index (κ1) is 25.0. The Balaban J connectivity index is 1.36. The number of hydrogen-bond donors (Lipinski definition) is 1. The number of pyridine rings is 1. The lowest BCUT2D eigenvalue weighted by molar-refractivity contribution is 0.139. The van der Waals surface area contributed by atoms with E-state index in [-0.39, 0.29) is 11.6 Å². The lowest BCUT2D eigenvalue weighted by Gasteiger charge is -2.22. The Labute approximate surface area is 219 Å². The van der Waals surface area contributed by atoms with Crippen LogP contribution >= 0.6 is 0 Å². The van der Waals surface area contributed by atoms with Gasteiger partial charge in [0.15, 0.2) is 5.65 Å². The van der Waals surface area contributed by atoms with Crippen LogP contribution in [0.3, 0.4) is 0 Å². The number of carbonyl (C=O) groups is 1. The third kappa shape index (κ3) is 6.01. The number of ether oxygens (including phenoxy) is 1. The van der Waals surface area contributed by atoms with Gasteiger partial charge in [-0.05, 0) is 74.9 Å². The average Bonchev–Trinajstić information content (AvgIpc) is 3.28. The van der Waals surface area contributed by atoms with Crippen molar-refractivity contribution in [3.63, 3.8) is 0 Å². The van der Waals surface area contributed by atoms with Crippen LogP contribution in [0.25, 0.3) is 28.2 Å². The Morgan fingerprint density at radius 2 is 1.73 bits per heavy atom. The highest BCUT2D eigenvalue weighted by molar-refractivity contribution is 5.80. The minimum Gasteiger partial charge on any atom is -0.449 e. The third-order valence-corrected chi connectivity index (χ3v) is 6.96. The molecule has 6 nitrogen and oxygen atoms in total. The topological polar surface area (TPSA) is 69.0 Å². The molecule has 5 rings (SSSR count). The van der Waals surface area contributed by atoms with Crippen LogP contribution in [-0.4, -0.2) is 32.8 Å². The maximum absolute atomic E-state index is 11.9. The van der Waals surface area contributed by atoms with Crippen molar-refractivity contribution < 1.29 is 9.53 Å². The molecule has 0 aliphatic heterocycles. The summed E-state index contributed by atoms with van der Waals surface area (Å²) in [6, 6.07) is 21.2. The van der Waals surface area contributed by atoms with E-state index in [1.807, 2.05) is 39.1 Å². The molecule has 1 fully saturated rings. The Morgan fingerprint density at radius 1 is 1.00 bits per heavy atom. The molecule has 2 aromatic heterocycles. The molecule has 4 aromatic rings. The van der Waals surface area contributed by atoms with Gasteiger partial charge in [0, 0.05) is 29.4 Å². The van der Waals surface area contributed by atoms with Crippen molar-refractivity contribution >= 4 is 17.3 Å². The number of hydrogen-bond acceptors (Lipinski definition) is 4. The van der Waals surface area contributed by atoms with E-state index in [9.17, 15) is 4.79 Å². The molecule has 192 valence electrons. The number of amides is 1. The van der Waals surface area contributed by atoms with Gasteiger partial charge in [-0.3, -0.25) is 4.57 Å². The Kier molecular flexibility index (Phi) is 7.26. The number of rotatable bonds is 6. The van der Waals surface area contributed by atoms with Crippen LogP contribution in [0.4, 0.5) is 4.79 Å². The van der Waals surface area contributed by atoms with Crippen molar-refractivity contribution in [1.82, 2.24) is 19.9 Å². The largest absolute Gasteiger partial charge is 0.449 e. The predicted octanol–water partition coefficient (Wildman–Crippen LogP) is 7.20. The second-order valence-electron chi connectivity index (χ2n) is 11.0. The van der Waals surface area contributed by atoms with E-state index in [2.05, 4.69) is 63.4 Å². The van der Waals surface area contributed by atoms with E-state index in [0.717, 1.165) is 33.8 Å². The monoisotopic (exact) mass is 496 g/mol. The number of imidazole rings is 1. The van der Waals surface area contributed by atoms with Gasteiger partial charge >= 0.3 is 6.09 Å². The summed E-state index contributed by atoms with van der Waals surface area (Å²) in [4.78, 5) is 21.5. The minimum absolute atomic E-state index is 0.311. The van der Waals surface area contributed by atoms with Crippen molar-refractivity contribution in [3.8, 4) is 17.1 Å². The molecule has 1 N–H and O–H groups in total. The molecule has 1 saturated carbocycles. The maximum Gasteiger partial charge on any atom is 0.407 e. The second kappa shape index (κ2) is 10.8. The molecule has 0 radical (unpaired) electrons. The Bertz CT molecular complexity index is 1340. The molecule has 1 amide bonds. The van der Waals surface area contributed by atoms with Gasteiger partial charge in [0.25, 0.3) is 0 Å². The average molecular weight is 497 g/mol. The molecule has 1 aliphatic carbocycles. The standard InChI is InChI=1S/C31H36N4O2/c1-31(2,3)34-30(36)37-21-19-22-11-17-26(18-12-22)35-28(33-27-10-7-20-32-29(27)35)25-15-13-24(14-16-25)23-8-5-4-6-9-23/h7,10-18,20,23H,4-6,8-9,19,21H2,1-3H3,(H,34,36). The smallest absolute Gasteiger partial charge is 0.407 e. The molecule has 2 aromatic carbocycles. The van der Waals surface area contributed by atoms with Crippen LogP contribution in [0.5, 0.6) is 0 Å². The van der Waals surface area contributed by atoms with E-state index in [1.165, 1.54) is 37.7 Å². The van der Waals surface area contributed by atoms with Crippen molar-refractivity contribution in [2.75, 3.05) is 6.61 Å². The van der Waals surface area contributed by atoms with Crippen LogP contribution in [-0.2, 0) is 11.2 Å². The van der Waals surface area contributed by atoms with E-state index in [0.29, 0.717) is 18.9 Å². The number of carbonyl (C=O) groups excluding carboxylic acids is 1. The third-order valence-electron chi connectivity index (χ3n) is 6.96. The van der Waals surface area contributed by atoms with Crippen LogP contribution in [0.15, 0.2) is 66.9 Å². The summed E-state index contributed by atoms with van der Waals surface area (Å²) in [5.41, 5.74) is 6.02. The van der Waals surface area contributed by atoms with E-state index in [4.69, 9.17) is 9.72 Å². The van der Waals surface area contributed by atoms with Gasteiger partial charge in [0.05, 0.1) is 6.61 Å². The molecule has 0 spiro atoms. The van der Waals surface area contributed by atoms with E-state index in [1.54, 1.807) is 0 Å². The molecular formula is C31H36N4O2. The highest BCUT2D eigenvalue weighted by atomic mass is 16.5. The normalized spacial score (nSPS) is 14.6.